The minimum absolute atomic E-state index is 0.0268. The van der Waals surface area contributed by atoms with Gasteiger partial charge in [0.25, 0.3) is 0 Å². The van der Waals surface area contributed by atoms with Gasteiger partial charge in [-0.3, -0.25) is 0 Å². The number of benzene rings is 1. The minimum Gasteiger partial charge on any atom is -0.505 e. The predicted molar refractivity (Wildman–Crippen MR) is 108 cm³/mol. The van der Waals surface area contributed by atoms with Crippen LogP contribution < -0.4 is 4.74 Å². The fourth-order valence-corrected chi connectivity index (χ4v) is 2.63. The lowest BCUT2D eigenvalue weighted by Crippen LogP contribution is -2.64. The van der Waals surface area contributed by atoms with E-state index in [-0.39, 0.29) is 17.3 Å². The number of aromatic hydroxyl groups is 1. The first-order chi connectivity index (χ1) is 19.7. The largest absolute Gasteiger partial charge is 0.505 e. The van der Waals surface area contributed by atoms with Crippen molar-refractivity contribution < 1.29 is 94.3 Å². The summed E-state index contributed by atoms with van der Waals surface area (Å²) in [6.07, 6.45) is -35.6. The van der Waals surface area contributed by atoms with Gasteiger partial charge in [0, 0.05) is 5.56 Å². The van der Waals surface area contributed by atoms with Crippen LogP contribution in [0.15, 0.2) is 36.7 Å². The van der Waals surface area contributed by atoms with Crippen LogP contribution in [0.25, 0.3) is 11.4 Å². The minimum atomic E-state index is -7.97. The molecule has 0 radical (unpaired) electrons. The fraction of sp³-hybridized carbons (Fsp3) is 0.524. The molecular weight excluding hydrogens is 664 g/mol. The van der Waals surface area contributed by atoms with Gasteiger partial charge in [-0.2, -0.15) is 65.9 Å². The van der Waals surface area contributed by atoms with E-state index < -0.39 is 68.4 Å². The van der Waals surface area contributed by atoms with Gasteiger partial charge in [0.1, 0.15) is 19.0 Å². The summed E-state index contributed by atoms with van der Waals surface area (Å²) >= 11 is 0. The van der Waals surface area contributed by atoms with Crippen molar-refractivity contribution in [2.24, 2.45) is 0 Å². The van der Waals surface area contributed by atoms with Gasteiger partial charge in [-0.05, 0) is 24.3 Å². The third-order valence-electron chi connectivity index (χ3n) is 4.74. The van der Waals surface area contributed by atoms with E-state index in [9.17, 15) is 70.2 Å². The van der Waals surface area contributed by atoms with Crippen molar-refractivity contribution in [3.05, 3.63) is 36.7 Å². The zero-order chi connectivity index (χ0) is 34.0. The molecule has 7 nitrogen and oxygen atoms in total. The Balaban J connectivity index is 1.93. The molecule has 1 aromatic heterocycles. The van der Waals surface area contributed by atoms with Crippen LogP contribution in [0, 0.1) is 0 Å². The maximum Gasteiger partial charge on any atom is 0.460 e. The number of hydrogen-bond donors (Lipinski definition) is 1. The number of alkyl halides is 16. The highest BCUT2D eigenvalue weighted by molar-refractivity contribution is 5.56. The third kappa shape index (κ3) is 8.43. The summed E-state index contributed by atoms with van der Waals surface area (Å²) in [6, 6.07) is 5.27. The van der Waals surface area contributed by atoms with E-state index in [0.29, 0.717) is 5.56 Å². The SMILES string of the molecule is Oc1cnc(-c2ccc(OC[C@H](F)COCC(F)(F)OC(F)(F)C(F)(F)OC(F)(F)C(F)(F)C(F)(F)C(F)(F)F)cc2)nc1. The van der Waals surface area contributed by atoms with Gasteiger partial charge < -0.3 is 14.6 Å². The molecule has 1 atom stereocenters. The molecule has 0 aliphatic heterocycles. The number of halogens is 16. The maximum atomic E-state index is 13.9. The highest BCUT2D eigenvalue weighted by Crippen LogP contribution is 2.56. The Kier molecular flexibility index (Phi) is 10.5. The van der Waals surface area contributed by atoms with Crippen LogP contribution in [0.1, 0.15) is 0 Å². The molecule has 0 saturated heterocycles. The van der Waals surface area contributed by atoms with Crippen molar-refractivity contribution in [3.63, 3.8) is 0 Å². The molecule has 0 fully saturated rings. The third-order valence-corrected chi connectivity index (χ3v) is 4.74. The average Bonchev–Trinajstić information content (AvgIpc) is 2.86. The molecule has 0 aliphatic rings. The molecule has 1 heterocycles. The second-order valence-electron chi connectivity index (χ2n) is 8.25. The summed E-state index contributed by atoms with van der Waals surface area (Å²) in [4.78, 5) is 7.62. The number of ether oxygens (including phenoxy) is 4. The highest BCUT2D eigenvalue weighted by Gasteiger charge is 2.85. The first-order valence-electron chi connectivity index (χ1n) is 10.9. The Bertz CT molecular complexity index is 1230. The summed E-state index contributed by atoms with van der Waals surface area (Å²) < 4.78 is 221. The number of hydrogen-bond acceptors (Lipinski definition) is 7. The number of nitrogens with zero attached hydrogens (tertiary/aromatic N) is 2. The van der Waals surface area contributed by atoms with Gasteiger partial charge in [0.2, 0.25) is 0 Å². The molecule has 2 aromatic rings. The quantitative estimate of drug-likeness (QED) is 0.207. The van der Waals surface area contributed by atoms with Gasteiger partial charge in [0.15, 0.2) is 17.7 Å². The first kappa shape index (κ1) is 36.8. The second-order valence-corrected chi connectivity index (χ2v) is 8.25. The summed E-state index contributed by atoms with van der Waals surface area (Å²) in [5.41, 5.74) is 0.407. The van der Waals surface area contributed by atoms with E-state index in [1.54, 1.807) is 0 Å². The van der Waals surface area contributed by atoms with Gasteiger partial charge in [0.05, 0.1) is 19.0 Å². The van der Waals surface area contributed by atoms with E-state index in [2.05, 4.69) is 19.4 Å². The Morgan fingerprint density at radius 2 is 1.16 bits per heavy atom. The Labute approximate surface area is 233 Å². The molecule has 0 saturated carbocycles. The normalized spacial score (nSPS) is 14.9. The topological polar surface area (TPSA) is 82.9 Å². The molecule has 0 unspecified atom stereocenters. The molecule has 0 aliphatic carbocycles. The molecule has 1 aromatic carbocycles. The number of aromatic nitrogens is 2. The van der Waals surface area contributed by atoms with Crippen LogP contribution in [0.5, 0.6) is 11.5 Å². The summed E-state index contributed by atoms with van der Waals surface area (Å²) in [5.74, 6) is -15.9. The molecule has 250 valence electrons. The molecule has 0 spiro atoms. The molecule has 44 heavy (non-hydrogen) atoms. The standard InChI is InChI=1S/C21H14F16N2O5/c22-11(8-42-13-3-1-10(2-4-13)14-38-5-12(40)6-39-14)7-41-9-15(23,24)43-20(34,35)21(36,37)44-19(32,33)17(27,28)16(25,26)18(29,30)31/h1-6,11,40H,7-9H2/t11-/m1/s1. The average molecular weight is 678 g/mol. The summed E-state index contributed by atoms with van der Waals surface area (Å²) in [6.45, 7) is -4.93. The Morgan fingerprint density at radius 1 is 0.659 bits per heavy atom. The predicted octanol–water partition coefficient (Wildman–Crippen LogP) is 6.82. The van der Waals surface area contributed by atoms with Crippen molar-refractivity contribution in [2.75, 3.05) is 19.8 Å². The van der Waals surface area contributed by atoms with Gasteiger partial charge in [-0.15, -0.1) is 0 Å². The first-order valence-corrected chi connectivity index (χ1v) is 10.9. The van der Waals surface area contributed by atoms with Crippen molar-refractivity contribution in [3.8, 4) is 22.9 Å². The summed E-state index contributed by atoms with van der Waals surface area (Å²) in [5, 5.41) is 9.16. The van der Waals surface area contributed by atoms with Gasteiger partial charge in [-0.25, -0.2) is 23.8 Å². The zero-order valence-corrected chi connectivity index (χ0v) is 20.7. The molecule has 2 rings (SSSR count). The van der Waals surface area contributed by atoms with Crippen LogP contribution in [-0.2, 0) is 14.2 Å². The molecule has 0 amide bonds. The number of rotatable bonds is 15. The monoisotopic (exact) mass is 678 g/mol. The lowest BCUT2D eigenvalue weighted by molar-refractivity contribution is -0.543. The Morgan fingerprint density at radius 3 is 1.66 bits per heavy atom. The maximum absolute atomic E-state index is 13.9. The van der Waals surface area contributed by atoms with E-state index >= 15 is 0 Å². The zero-order valence-electron chi connectivity index (χ0n) is 20.7. The van der Waals surface area contributed by atoms with Crippen molar-refractivity contribution in [2.45, 2.75) is 48.6 Å². The van der Waals surface area contributed by atoms with E-state index in [4.69, 9.17) is 9.84 Å². The van der Waals surface area contributed by atoms with Gasteiger partial charge in [-0.1, -0.05) is 0 Å². The molecule has 0 bridgehead atoms. The smallest absolute Gasteiger partial charge is 0.460 e. The fourth-order valence-electron chi connectivity index (χ4n) is 2.63. The van der Waals surface area contributed by atoms with E-state index in [0.717, 1.165) is 12.4 Å². The summed E-state index contributed by atoms with van der Waals surface area (Å²) in [7, 11) is 0. The lowest BCUT2D eigenvalue weighted by atomic mass is 10.1. The van der Waals surface area contributed by atoms with Crippen molar-refractivity contribution in [1.82, 2.24) is 9.97 Å². The van der Waals surface area contributed by atoms with Crippen LogP contribution in [0.2, 0.25) is 0 Å². The van der Waals surface area contributed by atoms with E-state index in [1.807, 2.05) is 0 Å². The molecular formula is C21H14F16N2O5. The van der Waals surface area contributed by atoms with Gasteiger partial charge >= 0.3 is 42.5 Å². The van der Waals surface area contributed by atoms with Crippen LogP contribution >= 0.6 is 0 Å². The molecule has 23 heteroatoms. The van der Waals surface area contributed by atoms with E-state index in [1.165, 1.54) is 29.0 Å². The van der Waals surface area contributed by atoms with Crippen molar-refractivity contribution >= 4 is 0 Å². The van der Waals surface area contributed by atoms with Crippen LogP contribution in [0.3, 0.4) is 0 Å². The Hall–Kier alpha value is -3.34. The van der Waals surface area contributed by atoms with Crippen LogP contribution in [0.4, 0.5) is 70.2 Å². The molecule has 1 N–H and O–H groups in total. The second kappa shape index (κ2) is 12.6. The van der Waals surface area contributed by atoms with Crippen LogP contribution in [-0.4, -0.2) is 83.5 Å². The lowest BCUT2D eigenvalue weighted by Gasteiger charge is -2.36. The van der Waals surface area contributed by atoms with Crippen molar-refractivity contribution in [1.29, 1.82) is 0 Å². The highest BCUT2D eigenvalue weighted by atomic mass is 19.4.